The number of nitrogens with one attached hydrogen (secondary N) is 1. The largest absolute Gasteiger partial charge is 0.376 e. The minimum absolute atomic E-state index is 0.0955. The Bertz CT molecular complexity index is 709. The van der Waals surface area contributed by atoms with Crippen molar-refractivity contribution in [3.05, 3.63) is 54.4 Å². The minimum Gasteiger partial charge on any atom is -0.376 e. The monoisotopic (exact) mass is 366 g/mol. The maximum atomic E-state index is 12.3. The first-order chi connectivity index (χ1) is 13.1. The maximum absolute atomic E-state index is 12.3. The molecule has 1 aromatic heterocycles. The van der Waals surface area contributed by atoms with Gasteiger partial charge in [-0.05, 0) is 67.1 Å². The lowest BCUT2D eigenvalue weighted by Crippen LogP contribution is -2.34. The predicted octanol–water partition coefficient (Wildman–Crippen LogP) is 3.43. The lowest BCUT2D eigenvalue weighted by Gasteiger charge is -2.32. The van der Waals surface area contributed by atoms with E-state index in [2.05, 4.69) is 46.4 Å². The number of carbonyl (C=O) groups excluding carboxylic acids is 1. The zero-order chi connectivity index (χ0) is 19.1. The third kappa shape index (κ3) is 5.71. The standard InChI is InChI=1S/C22H30N4O/c1-18-9-15-26(16-10-18)21-5-3-20(4-6-21)24-17-22(27)25(2)14-11-19-7-12-23-13-8-19/h3-8,12-13,18,24H,9-11,14-17H2,1-2H3. The van der Waals surface area contributed by atoms with E-state index in [0.717, 1.165) is 31.1 Å². The molecule has 27 heavy (non-hydrogen) atoms. The summed E-state index contributed by atoms with van der Waals surface area (Å²) < 4.78 is 0. The van der Waals surface area contributed by atoms with Gasteiger partial charge in [0.2, 0.25) is 5.91 Å². The van der Waals surface area contributed by atoms with Gasteiger partial charge >= 0.3 is 0 Å². The van der Waals surface area contributed by atoms with Crippen molar-refractivity contribution < 1.29 is 4.79 Å². The number of hydrogen-bond donors (Lipinski definition) is 1. The molecule has 1 N–H and O–H groups in total. The first-order valence-electron chi connectivity index (χ1n) is 9.83. The summed E-state index contributed by atoms with van der Waals surface area (Å²) in [4.78, 5) is 20.6. The van der Waals surface area contributed by atoms with Crippen LogP contribution in [0.25, 0.3) is 0 Å². The van der Waals surface area contributed by atoms with E-state index >= 15 is 0 Å². The molecule has 0 atom stereocenters. The Kier molecular flexibility index (Phi) is 6.69. The van der Waals surface area contributed by atoms with Crippen LogP contribution in [0.3, 0.4) is 0 Å². The van der Waals surface area contributed by atoms with Crippen molar-refractivity contribution in [3.8, 4) is 0 Å². The average molecular weight is 367 g/mol. The number of piperidine rings is 1. The summed E-state index contributed by atoms with van der Waals surface area (Å²) in [7, 11) is 1.85. The van der Waals surface area contributed by atoms with Crippen LogP contribution < -0.4 is 10.2 Å². The molecular formula is C22H30N4O. The van der Waals surface area contributed by atoms with Gasteiger partial charge in [-0.15, -0.1) is 0 Å². The Labute approximate surface area is 162 Å². The molecule has 0 bridgehead atoms. The molecule has 0 unspecified atom stereocenters. The lowest BCUT2D eigenvalue weighted by molar-refractivity contribution is -0.127. The second-order valence-corrected chi connectivity index (χ2v) is 7.49. The van der Waals surface area contributed by atoms with Gasteiger partial charge in [0.05, 0.1) is 6.54 Å². The van der Waals surface area contributed by atoms with Gasteiger partial charge in [0.1, 0.15) is 0 Å². The minimum atomic E-state index is 0.0955. The van der Waals surface area contributed by atoms with E-state index in [0.29, 0.717) is 13.1 Å². The maximum Gasteiger partial charge on any atom is 0.241 e. The van der Waals surface area contributed by atoms with Crippen LogP contribution in [0.5, 0.6) is 0 Å². The van der Waals surface area contributed by atoms with Crippen LogP contribution in [0.1, 0.15) is 25.3 Å². The molecule has 144 valence electrons. The summed E-state index contributed by atoms with van der Waals surface area (Å²) >= 11 is 0. The van der Waals surface area contributed by atoms with E-state index in [1.165, 1.54) is 24.1 Å². The van der Waals surface area contributed by atoms with Gasteiger partial charge in [-0.3, -0.25) is 9.78 Å². The SMILES string of the molecule is CC1CCN(c2ccc(NCC(=O)N(C)CCc3ccncc3)cc2)CC1. The van der Waals surface area contributed by atoms with E-state index < -0.39 is 0 Å². The molecule has 1 aliphatic rings. The summed E-state index contributed by atoms with van der Waals surface area (Å²) in [5.74, 6) is 0.932. The second kappa shape index (κ2) is 9.40. The Morgan fingerprint density at radius 1 is 1.15 bits per heavy atom. The van der Waals surface area contributed by atoms with E-state index in [1.807, 2.05) is 19.2 Å². The lowest BCUT2D eigenvalue weighted by atomic mass is 9.99. The first kappa shape index (κ1) is 19.2. The fraction of sp³-hybridized carbons (Fsp3) is 0.455. The van der Waals surface area contributed by atoms with Gasteiger partial charge < -0.3 is 15.1 Å². The van der Waals surface area contributed by atoms with Gasteiger partial charge in [0, 0.05) is 50.5 Å². The third-order valence-electron chi connectivity index (χ3n) is 5.37. The van der Waals surface area contributed by atoms with Gasteiger partial charge in [-0.25, -0.2) is 0 Å². The zero-order valence-electron chi connectivity index (χ0n) is 16.4. The molecule has 0 spiro atoms. The van der Waals surface area contributed by atoms with Gasteiger partial charge in [0.25, 0.3) is 0 Å². The van der Waals surface area contributed by atoms with E-state index in [-0.39, 0.29) is 5.91 Å². The van der Waals surface area contributed by atoms with E-state index in [4.69, 9.17) is 0 Å². The van der Waals surface area contributed by atoms with Crippen LogP contribution in [-0.4, -0.2) is 49.0 Å². The molecule has 3 rings (SSSR count). The van der Waals surface area contributed by atoms with E-state index in [1.54, 1.807) is 17.3 Å². The highest BCUT2D eigenvalue weighted by Gasteiger charge is 2.16. The molecule has 1 fully saturated rings. The van der Waals surface area contributed by atoms with Crippen molar-refractivity contribution in [1.29, 1.82) is 0 Å². The highest BCUT2D eigenvalue weighted by molar-refractivity contribution is 5.80. The number of likely N-dealkylation sites (N-methyl/N-ethyl adjacent to an activating group) is 1. The molecule has 5 nitrogen and oxygen atoms in total. The highest BCUT2D eigenvalue weighted by Crippen LogP contribution is 2.24. The van der Waals surface area contributed by atoms with Crippen molar-refractivity contribution in [3.63, 3.8) is 0 Å². The molecule has 0 radical (unpaired) electrons. The molecule has 1 aromatic carbocycles. The summed E-state index contributed by atoms with van der Waals surface area (Å²) in [6.07, 6.45) is 6.94. The van der Waals surface area contributed by atoms with Crippen LogP contribution in [0.4, 0.5) is 11.4 Å². The average Bonchev–Trinajstić information content (AvgIpc) is 2.72. The molecule has 1 saturated heterocycles. The smallest absolute Gasteiger partial charge is 0.241 e. The fourth-order valence-electron chi connectivity index (χ4n) is 3.34. The summed E-state index contributed by atoms with van der Waals surface area (Å²) in [6, 6.07) is 12.4. The fourth-order valence-corrected chi connectivity index (χ4v) is 3.34. The molecule has 2 aromatic rings. The van der Waals surface area contributed by atoms with E-state index in [9.17, 15) is 4.79 Å². The van der Waals surface area contributed by atoms with Crippen molar-refractivity contribution in [2.45, 2.75) is 26.2 Å². The van der Waals surface area contributed by atoms with Gasteiger partial charge in [-0.1, -0.05) is 6.92 Å². The number of pyridine rings is 1. The number of amides is 1. The quantitative estimate of drug-likeness (QED) is 0.816. The number of hydrogen-bond acceptors (Lipinski definition) is 4. The Hall–Kier alpha value is -2.56. The summed E-state index contributed by atoms with van der Waals surface area (Å²) in [6.45, 7) is 5.61. The third-order valence-corrected chi connectivity index (χ3v) is 5.37. The van der Waals surface area contributed by atoms with Crippen LogP contribution in [0, 0.1) is 5.92 Å². The second-order valence-electron chi connectivity index (χ2n) is 7.49. The molecule has 2 heterocycles. The number of nitrogens with zero attached hydrogens (tertiary/aromatic N) is 3. The Balaban J connectivity index is 1.43. The highest BCUT2D eigenvalue weighted by atomic mass is 16.2. The van der Waals surface area contributed by atoms with Crippen LogP contribution >= 0.6 is 0 Å². The summed E-state index contributed by atoms with van der Waals surface area (Å²) in [5.41, 5.74) is 3.45. The topological polar surface area (TPSA) is 48.5 Å². The number of aromatic nitrogens is 1. The van der Waals surface area contributed by atoms with Crippen molar-refractivity contribution >= 4 is 17.3 Å². The first-order valence-corrected chi connectivity index (χ1v) is 9.83. The number of anilines is 2. The van der Waals surface area contributed by atoms with Gasteiger partial charge in [-0.2, -0.15) is 0 Å². The van der Waals surface area contributed by atoms with Crippen LogP contribution in [0.15, 0.2) is 48.8 Å². The molecule has 5 heteroatoms. The molecule has 1 aliphatic heterocycles. The van der Waals surface area contributed by atoms with Crippen molar-refractivity contribution in [2.75, 3.05) is 43.4 Å². The Morgan fingerprint density at radius 3 is 2.48 bits per heavy atom. The normalized spacial score (nSPS) is 14.8. The van der Waals surface area contributed by atoms with Crippen molar-refractivity contribution in [1.82, 2.24) is 9.88 Å². The molecule has 0 aliphatic carbocycles. The zero-order valence-corrected chi connectivity index (χ0v) is 16.4. The Morgan fingerprint density at radius 2 is 1.81 bits per heavy atom. The van der Waals surface area contributed by atoms with Crippen molar-refractivity contribution in [2.24, 2.45) is 5.92 Å². The predicted molar refractivity (Wildman–Crippen MR) is 111 cm³/mol. The van der Waals surface area contributed by atoms with Crippen LogP contribution in [-0.2, 0) is 11.2 Å². The summed E-state index contributed by atoms with van der Waals surface area (Å²) in [5, 5.41) is 3.24. The molecular weight excluding hydrogens is 336 g/mol. The number of carbonyl (C=O) groups is 1. The molecule has 1 amide bonds. The number of rotatable bonds is 7. The van der Waals surface area contributed by atoms with Gasteiger partial charge in [0.15, 0.2) is 0 Å². The number of benzene rings is 1. The van der Waals surface area contributed by atoms with Crippen LogP contribution in [0.2, 0.25) is 0 Å². The molecule has 0 saturated carbocycles.